The van der Waals surface area contributed by atoms with Gasteiger partial charge in [-0.25, -0.2) is 0 Å². The number of hydrogen-bond donors (Lipinski definition) is 1. The van der Waals surface area contributed by atoms with Crippen LogP contribution in [0.1, 0.15) is 28.7 Å². The van der Waals surface area contributed by atoms with Crippen molar-refractivity contribution in [1.29, 1.82) is 0 Å². The quantitative estimate of drug-likeness (QED) is 0.223. The molecule has 3 aromatic rings. The molecule has 0 aromatic heterocycles. The molecule has 33 heavy (non-hydrogen) atoms. The van der Waals surface area contributed by atoms with Crippen LogP contribution in [0.4, 0.5) is 0 Å². The van der Waals surface area contributed by atoms with Crippen LogP contribution in [-0.2, 0) is 13.2 Å². The number of hydrogen-bond acceptors (Lipinski definition) is 4. The Morgan fingerprint density at radius 3 is 2.09 bits per heavy atom. The van der Waals surface area contributed by atoms with E-state index in [0.29, 0.717) is 18.2 Å². The third-order valence-corrected chi connectivity index (χ3v) is 6.42. The summed E-state index contributed by atoms with van der Waals surface area (Å²) in [6, 6.07) is 15.7. The third kappa shape index (κ3) is 6.44. The maximum atomic E-state index is 10.4. The number of phenolic OH excluding ortho intramolecular Hbond substituents is 1. The number of ether oxygens (including phenoxy) is 2. The van der Waals surface area contributed by atoms with Gasteiger partial charge in [-0.3, -0.25) is 0 Å². The van der Waals surface area contributed by atoms with E-state index in [1.54, 1.807) is 6.07 Å². The van der Waals surface area contributed by atoms with Gasteiger partial charge in [-0.15, -0.1) is 0 Å². The summed E-state index contributed by atoms with van der Waals surface area (Å²) >= 11 is 9.93. The van der Waals surface area contributed by atoms with Gasteiger partial charge in [0.05, 0.1) is 6.61 Å². The molecule has 6 heteroatoms. The van der Waals surface area contributed by atoms with E-state index in [2.05, 4.69) is 41.9 Å². The first kappa shape index (κ1) is 25.4. The van der Waals surface area contributed by atoms with E-state index < -0.39 is 0 Å². The summed E-state index contributed by atoms with van der Waals surface area (Å²) in [6.07, 6.45) is 0.959. The summed E-state index contributed by atoms with van der Waals surface area (Å²) in [4.78, 5) is 1.99. The first-order chi connectivity index (χ1) is 15.8. The van der Waals surface area contributed by atoms with Gasteiger partial charge in [0, 0.05) is 28.0 Å². The molecule has 4 nitrogen and oxygen atoms in total. The monoisotopic (exact) mass is 531 g/mol. The highest BCUT2D eigenvalue weighted by molar-refractivity contribution is 9.09. The van der Waals surface area contributed by atoms with Gasteiger partial charge >= 0.3 is 0 Å². The van der Waals surface area contributed by atoms with Crippen LogP contribution < -0.4 is 9.47 Å². The van der Waals surface area contributed by atoms with E-state index >= 15 is 0 Å². The molecule has 0 amide bonds. The van der Waals surface area contributed by atoms with Gasteiger partial charge in [-0.2, -0.15) is 0 Å². The van der Waals surface area contributed by atoms with Gasteiger partial charge in [0.1, 0.15) is 23.9 Å². The number of halogens is 2. The Bertz CT molecular complexity index is 1100. The molecule has 0 aliphatic heterocycles. The second-order valence-electron chi connectivity index (χ2n) is 8.35. The number of aromatic hydroxyl groups is 1. The van der Waals surface area contributed by atoms with Crippen molar-refractivity contribution in [1.82, 2.24) is 4.90 Å². The van der Waals surface area contributed by atoms with Crippen LogP contribution in [-0.4, -0.2) is 36.0 Å². The predicted molar refractivity (Wildman–Crippen MR) is 140 cm³/mol. The van der Waals surface area contributed by atoms with Gasteiger partial charge in [0.15, 0.2) is 0 Å². The second kappa shape index (κ2) is 11.8. The van der Waals surface area contributed by atoms with Gasteiger partial charge in [-0.1, -0.05) is 51.8 Å². The minimum Gasteiger partial charge on any atom is -0.508 e. The summed E-state index contributed by atoms with van der Waals surface area (Å²) in [5, 5.41) is 11.9. The van der Waals surface area contributed by atoms with Crippen LogP contribution in [0.5, 0.6) is 17.2 Å². The van der Waals surface area contributed by atoms with E-state index in [0.717, 1.165) is 56.6 Å². The molecule has 0 atom stereocenters. The molecular weight excluding hydrogens is 502 g/mol. The zero-order chi connectivity index (χ0) is 24.0. The normalized spacial score (nSPS) is 11.1. The highest BCUT2D eigenvalue weighted by Crippen LogP contribution is 2.36. The topological polar surface area (TPSA) is 41.9 Å². The number of alkyl halides is 1. The van der Waals surface area contributed by atoms with Crippen molar-refractivity contribution >= 4 is 27.5 Å². The van der Waals surface area contributed by atoms with Gasteiger partial charge in [0.2, 0.25) is 0 Å². The van der Waals surface area contributed by atoms with Crippen molar-refractivity contribution in [3.8, 4) is 28.4 Å². The molecule has 0 unspecified atom stereocenters. The van der Waals surface area contributed by atoms with Crippen LogP contribution in [0, 0.1) is 13.8 Å². The Morgan fingerprint density at radius 2 is 1.52 bits per heavy atom. The zero-order valence-corrected chi connectivity index (χ0v) is 22.0. The maximum Gasteiger partial charge on any atom is 0.123 e. The zero-order valence-electron chi connectivity index (χ0n) is 19.6. The predicted octanol–water partition coefficient (Wildman–Crippen LogP) is 7.13. The molecule has 0 heterocycles. The average molecular weight is 533 g/mol. The van der Waals surface area contributed by atoms with Crippen molar-refractivity contribution in [2.75, 3.05) is 26.0 Å². The first-order valence-electron chi connectivity index (χ1n) is 11.0. The minimum absolute atomic E-state index is 0.226. The molecule has 0 fully saturated rings. The Labute approximate surface area is 210 Å². The summed E-state index contributed by atoms with van der Waals surface area (Å²) in [5.74, 6) is 1.91. The van der Waals surface area contributed by atoms with Crippen molar-refractivity contribution in [2.24, 2.45) is 0 Å². The molecule has 176 valence electrons. The molecule has 0 aliphatic carbocycles. The van der Waals surface area contributed by atoms with E-state index in [-0.39, 0.29) is 12.4 Å². The fourth-order valence-electron chi connectivity index (χ4n) is 3.74. The molecular formula is C27H31BrClNO3. The van der Waals surface area contributed by atoms with E-state index in [9.17, 15) is 5.11 Å². The fraction of sp³-hybridized carbons (Fsp3) is 0.333. The smallest absolute Gasteiger partial charge is 0.123 e. The fourth-order valence-corrected chi connectivity index (χ4v) is 4.21. The number of rotatable bonds is 10. The van der Waals surface area contributed by atoms with Gasteiger partial charge in [-0.05, 0) is 80.9 Å². The van der Waals surface area contributed by atoms with E-state index in [1.807, 2.05) is 49.3 Å². The second-order valence-corrected chi connectivity index (χ2v) is 9.55. The van der Waals surface area contributed by atoms with Crippen molar-refractivity contribution in [3.63, 3.8) is 0 Å². The summed E-state index contributed by atoms with van der Waals surface area (Å²) in [7, 11) is 3.90. The van der Waals surface area contributed by atoms with E-state index in [1.165, 1.54) is 0 Å². The molecule has 0 radical (unpaired) electrons. The van der Waals surface area contributed by atoms with Gasteiger partial charge < -0.3 is 19.5 Å². The molecule has 0 saturated heterocycles. The Morgan fingerprint density at radius 1 is 0.909 bits per heavy atom. The van der Waals surface area contributed by atoms with Crippen LogP contribution in [0.25, 0.3) is 11.1 Å². The number of phenols is 1. The van der Waals surface area contributed by atoms with E-state index in [4.69, 9.17) is 21.1 Å². The molecule has 3 aromatic carbocycles. The van der Waals surface area contributed by atoms with Crippen LogP contribution in [0.2, 0.25) is 5.02 Å². The SMILES string of the molecule is Cc1c(OCCCBr)cccc1-c1cccc(OCc2cc(O)c(CN(C)C)cc2Cl)c1C. The summed E-state index contributed by atoms with van der Waals surface area (Å²) in [5.41, 5.74) is 5.92. The largest absolute Gasteiger partial charge is 0.508 e. The van der Waals surface area contributed by atoms with Crippen molar-refractivity contribution in [2.45, 2.75) is 33.4 Å². The number of benzene rings is 3. The molecule has 3 rings (SSSR count). The van der Waals surface area contributed by atoms with Gasteiger partial charge in [0.25, 0.3) is 0 Å². The first-order valence-corrected chi connectivity index (χ1v) is 12.5. The highest BCUT2D eigenvalue weighted by atomic mass is 79.9. The minimum atomic E-state index is 0.226. The lowest BCUT2D eigenvalue weighted by molar-refractivity contribution is 0.303. The average Bonchev–Trinajstić information content (AvgIpc) is 2.77. The highest BCUT2D eigenvalue weighted by Gasteiger charge is 2.14. The molecule has 1 N–H and O–H groups in total. The molecule has 0 aliphatic rings. The third-order valence-electron chi connectivity index (χ3n) is 5.51. The lowest BCUT2D eigenvalue weighted by Crippen LogP contribution is -2.11. The molecule has 0 bridgehead atoms. The van der Waals surface area contributed by atoms with Crippen LogP contribution in [0.15, 0.2) is 48.5 Å². The Balaban J connectivity index is 1.82. The number of nitrogens with zero attached hydrogens (tertiary/aromatic N) is 1. The lowest BCUT2D eigenvalue weighted by Gasteiger charge is -2.17. The summed E-state index contributed by atoms with van der Waals surface area (Å²) < 4.78 is 12.1. The van der Waals surface area contributed by atoms with Crippen LogP contribution >= 0.6 is 27.5 Å². The molecule has 0 saturated carbocycles. The van der Waals surface area contributed by atoms with Crippen LogP contribution in [0.3, 0.4) is 0 Å². The maximum absolute atomic E-state index is 10.4. The Kier molecular flexibility index (Phi) is 9.07. The Hall–Kier alpha value is -2.21. The van der Waals surface area contributed by atoms with Crippen molar-refractivity contribution in [3.05, 3.63) is 75.8 Å². The summed E-state index contributed by atoms with van der Waals surface area (Å²) in [6.45, 7) is 5.71. The standard InChI is InChI=1S/C27H31BrClNO3/c1-18-22(8-5-10-26(18)32-13-7-12-28)23-9-6-11-27(19(23)2)33-17-21-15-25(31)20(14-24(21)29)16-30(3)4/h5-6,8-11,14-15,31H,7,12-13,16-17H2,1-4H3. The van der Waals surface area contributed by atoms with Crippen molar-refractivity contribution < 1.29 is 14.6 Å². The lowest BCUT2D eigenvalue weighted by atomic mass is 9.95. The molecule has 0 spiro atoms.